The average molecular weight is 506 g/mol. The van der Waals surface area contributed by atoms with Crippen LogP contribution in [0.5, 0.6) is 5.75 Å². The fourth-order valence-electron chi connectivity index (χ4n) is 3.44. The molecule has 2 N–H and O–H groups in total. The number of anilines is 1. The molecule has 35 heavy (non-hydrogen) atoms. The fraction of sp³-hybridized carbons (Fsp3) is 0.0741. The Labute approximate surface area is 212 Å². The number of carbonyl (C=O) groups excluding carboxylic acids is 2. The van der Waals surface area contributed by atoms with Gasteiger partial charge in [0.2, 0.25) is 5.91 Å². The second kappa shape index (κ2) is 11.5. The number of nitrogens with zero attached hydrogens (tertiary/aromatic N) is 1. The van der Waals surface area contributed by atoms with Gasteiger partial charge in [0.25, 0.3) is 5.91 Å². The maximum atomic E-state index is 12.4. The summed E-state index contributed by atoms with van der Waals surface area (Å²) in [5.74, 6) is -0.0764. The summed E-state index contributed by atoms with van der Waals surface area (Å²) >= 11 is 11.8. The monoisotopic (exact) mass is 505 g/mol. The minimum absolute atomic E-state index is 0.192. The molecule has 0 aromatic heterocycles. The van der Waals surface area contributed by atoms with E-state index in [4.69, 9.17) is 27.9 Å². The maximum absolute atomic E-state index is 12.4. The zero-order valence-electron chi connectivity index (χ0n) is 18.5. The number of benzene rings is 4. The number of fused-ring (bicyclic) bond motifs is 1. The van der Waals surface area contributed by atoms with E-state index in [0.717, 1.165) is 16.3 Å². The van der Waals surface area contributed by atoms with Gasteiger partial charge in [-0.2, -0.15) is 5.10 Å². The van der Waals surface area contributed by atoms with Crippen molar-refractivity contribution in [1.29, 1.82) is 0 Å². The molecule has 176 valence electrons. The number of amides is 2. The number of nitrogens with one attached hydrogen (secondary N) is 2. The van der Waals surface area contributed by atoms with Crippen molar-refractivity contribution in [1.82, 2.24) is 5.43 Å². The molecule has 6 nitrogen and oxygen atoms in total. The quantitative estimate of drug-likeness (QED) is 0.232. The van der Waals surface area contributed by atoms with Gasteiger partial charge in [-0.05, 0) is 52.2 Å². The van der Waals surface area contributed by atoms with Gasteiger partial charge in [0, 0.05) is 5.69 Å². The highest BCUT2D eigenvalue weighted by Gasteiger charge is 2.07. The highest BCUT2D eigenvalue weighted by Crippen LogP contribution is 2.25. The van der Waals surface area contributed by atoms with Crippen LogP contribution in [0.25, 0.3) is 10.8 Å². The van der Waals surface area contributed by atoms with Gasteiger partial charge in [-0.25, -0.2) is 5.43 Å². The van der Waals surface area contributed by atoms with Crippen molar-refractivity contribution >= 4 is 57.7 Å². The van der Waals surface area contributed by atoms with Crippen LogP contribution in [0, 0.1) is 0 Å². The van der Waals surface area contributed by atoms with Crippen LogP contribution in [-0.2, 0) is 16.0 Å². The van der Waals surface area contributed by atoms with Crippen LogP contribution in [-0.4, -0.2) is 24.6 Å². The maximum Gasteiger partial charge on any atom is 0.262 e. The molecule has 0 heterocycles. The van der Waals surface area contributed by atoms with Crippen LogP contribution in [0.2, 0.25) is 10.0 Å². The van der Waals surface area contributed by atoms with Crippen molar-refractivity contribution < 1.29 is 14.3 Å². The highest BCUT2D eigenvalue weighted by atomic mass is 35.5. The van der Waals surface area contributed by atoms with Crippen LogP contribution >= 0.6 is 23.2 Å². The molecule has 0 fully saturated rings. The van der Waals surface area contributed by atoms with Crippen molar-refractivity contribution in [3.05, 3.63) is 106 Å². The summed E-state index contributed by atoms with van der Waals surface area (Å²) in [6, 6.07) is 25.7. The molecule has 2 amide bonds. The summed E-state index contributed by atoms with van der Waals surface area (Å²) in [7, 11) is 0. The second-order valence-electron chi connectivity index (χ2n) is 7.65. The number of ether oxygens (including phenoxy) is 1. The zero-order valence-corrected chi connectivity index (χ0v) is 20.0. The molecular weight excluding hydrogens is 485 g/mol. The zero-order chi connectivity index (χ0) is 24.6. The van der Waals surface area contributed by atoms with Crippen molar-refractivity contribution in [2.45, 2.75) is 6.42 Å². The third kappa shape index (κ3) is 6.82. The molecule has 0 aliphatic heterocycles. The molecule has 0 spiro atoms. The van der Waals surface area contributed by atoms with Crippen LogP contribution in [0.3, 0.4) is 0 Å². The molecule has 0 aliphatic carbocycles. The van der Waals surface area contributed by atoms with Gasteiger partial charge < -0.3 is 10.1 Å². The van der Waals surface area contributed by atoms with E-state index in [2.05, 4.69) is 15.8 Å². The summed E-state index contributed by atoms with van der Waals surface area (Å²) in [5, 5.41) is 9.62. The topological polar surface area (TPSA) is 79.8 Å². The van der Waals surface area contributed by atoms with Crippen molar-refractivity contribution in [3.63, 3.8) is 0 Å². The molecule has 0 saturated heterocycles. The molecular formula is C27H21Cl2N3O3. The fourth-order valence-corrected chi connectivity index (χ4v) is 3.74. The summed E-state index contributed by atoms with van der Waals surface area (Å²) < 4.78 is 5.56. The Morgan fingerprint density at radius 1 is 0.857 bits per heavy atom. The largest absolute Gasteiger partial charge is 0.484 e. The SMILES string of the molecule is O=C(Cc1cccc2ccccc12)N/N=C/c1cccc(OCC(=O)Nc2ccc(Cl)c(Cl)c2)c1. The van der Waals surface area contributed by atoms with Crippen molar-refractivity contribution in [3.8, 4) is 5.75 Å². The predicted octanol–water partition coefficient (Wildman–Crippen LogP) is 5.86. The van der Waals surface area contributed by atoms with Gasteiger partial charge >= 0.3 is 0 Å². The lowest BCUT2D eigenvalue weighted by atomic mass is 10.0. The molecule has 0 atom stereocenters. The number of halogens is 2. The minimum atomic E-state index is -0.344. The molecule has 4 aromatic rings. The van der Waals surface area contributed by atoms with Crippen LogP contribution < -0.4 is 15.5 Å². The Morgan fingerprint density at radius 3 is 2.51 bits per heavy atom. The Morgan fingerprint density at radius 2 is 1.66 bits per heavy atom. The first-order chi connectivity index (χ1) is 17.0. The van der Waals surface area contributed by atoms with Crippen molar-refractivity contribution in [2.24, 2.45) is 5.10 Å². The highest BCUT2D eigenvalue weighted by molar-refractivity contribution is 6.42. The lowest BCUT2D eigenvalue weighted by Crippen LogP contribution is -2.20. The third-order valence-corrected chi connectivity index (χ3v) is 5.80. The van der Waals surface area contributed by atoms with E-state index in [1.54, 1.807) is 36.4 Å². The first-order valence-electron chi connectivity index (χ1n) is 10.7. The van der Waals surface area contributed by atoms with Gasteiger partial charge in [0.15, 0.2) is 6.61 Å². The molecule has 0 saturated carbocycles. The average Bonchev–Trinajstić information content (AvgIpc) is 2.86. The van der Waals surface area contributed by atoms with E-state index in [1.807, 2.05) is 48.5 Å². The number of hydrogen-bond donors (Lipinski definition) is 2. The summed E-state index contributed by atoms with van der Waals surface area (Å²) in [6.07, 6.45) is 1.74. The standard InChI is InChI=1S/C27H21Cl2N3O3/c28-24-12-11-21(15-25(24)29)31-27(34)17-35-22-9-3-5-18(13-22)16-30-32-26(33)14-20-8-4-7-19-6-1-2-10-23(19)20/h1-13,15-16H,14,17H2,(H,31,34)(H,32,33)/b30-16+. The van der Waals surface area contributed by atoms with E-state index < -0.39 is 0 Å². The Balaban J connectivity index is 1.29. The van der Waals surface area contributed by atoms with Crippen LogP contribution in [0.4, 0.5) is 5.69 Å². The van der Waals surface area contributed by atoms with Gasteiger partial charge in [-0.3, -0.25) is 9.59 Å². The van der Waals surface area contributed by atoms with E-state index in [0.29, 0.717) is 27.0 Å². The third-order valence-electron chi connectivity index (χ3n) is 5.07. The smallest absolute Gasteiger partial charge is 0.262 e. The van der Waals surface area contributed by atoms with Gasteiger partial charge in [0.05, 0.1) is 22.7 Å². The summed E-state index contributed by atoms with van der Waals surface area (Å²) in [6.45, 7) is -0.192. The molecule has 0 unspecified atom stereocenters. The van der Waals surface area contributed by atoms with E-state index in [1.165, 1.54) is 6.21 Å². The number of hydrogen-bond acceptors (Lipinski definition) is 4. The number of rotatable bonds is 8. The first kappa shape index (κ1) is 24.3. The van der Waals surface area contributed by atoms with Crippen LogP contribution in [0.1, 0.15) is 11.1 Å². The normalized spacial score (nSPS) is 10.9. The number of carbonyl (C=O) groups is 2. The van der Waals surface area contributed by atoms with E-state index >= 15 is 0 Å². The van der Waals surface area contributed by atoms with E-state index in [9.17, 15) is 9.59 Å². The second-order valence-corrected chi connectivity index (χ2v) is 8.46. The molecule has 0 aliphatic rings. The molecule has 4 aromatic carbocycles. The number of hydrazone groups is 1. The van der Waals surface area contributed by atoms with Gasteiger partial charge in [0.1, 0.15) is 5.75 Å². The Hall–Kier alpha value is -3.87. The summed E-state index contributed by atoms with van der Waals surface area (Å²) in [4.78, 5) is 24.5. The molecule has 4 rings (SSSR count). The Bertz CT molecular complexity index is 1400. The first-order valence-corrected chi connectivity index (χ1v) is 11.5. The van der Waals surface area contributed by atoms with E-state index in [-0.39, 0.29) is 24.8 Å². The Kier molecular flexibility index (Phi) is 7.98. The minimum Gasteiger partial charge on any atom is -0.484 e. The lowest BCUT2D eigenvalue weighted by Gasteiger charge is -2.09. The van der Waals surface area contributed by atoms with Gasteiger partial charge in [-0.1, -0.05) is 77.8 Å². The molecule has 0 bridgehead atoms. The summed E-state index contributed by atoms with van der Waals surface area (Å²) in [5.41, 5.74) is 4.72. The molecule has 0 radical (unpaired) electrons. The van der Waals surface area contributed by atoms with Crippen LogP contribution in [0.15, 0.2) is 90.0 Å². The molecule has 8 heteroatoms. The lowest BCUT2D eigenvalue weighted by molar-refractivity contribution is -0.120. The van der Waals surface area contributed by atoms with Gasteiger partial charge in [-0.15, -0.1) is 0 Å². The predicted molar refractivity (Wildman–Crippen MR) is 140 cm³/mol. The van der Waals surface area contributed by atoms with Crippen molar-refractivity contribution in [2.75, 3.05) is 11.9 Å².